The van der Waals surface area contributed by atoms with Crippen LogP contribution in [0.25, 0.3) is 0 Å². The van der Waals surface area contributed by atoms with Crippen LogP contribution in [-0.4, -0.2) is 50.8 Å². The number of benzene rings is 2. The average molecular weight is 472 g/mol. The summed E-state index contributed by atoms with van der Waals surface area (Å²) in [5.74, 6) is 0.408. The summed E-state index contributed by atoms with van der Waals surface area (Å²) in [6.07, 6.45) is 2.44. The van der Waals surface area contributed by atoms with Crippen molar-refractivity contribution in [3.63, 3.8) is 0 Å². The van der Waals surface area contributed by atoms with Crippen molar-refractivity contribution >= 4 is 33.2 Å². The normalized spacial score (nSPS) is 15.4. The van der Waals surface area contributed by atoms with Crippen LogP contribution in [0.4, 0.5) is 11.4 Å². The van der Waals surface area contributed by atoms with Crippen LogP contribution < -0.4 is 15.0 Å². The minimum Gasteiger partial charge on any atom is -0.484 e. The molecule has 0 radical (unpaired) electrons. The van der Waals surface area contributed by atoms with Gasteiger partial charge in [0.15, 0.2) is 6.61 Å². The zero-order valence-corrected chi connectivity index (χ0v) is 19.7. The SMILES string of the molecule is CCN(CC)S(=O)(=O)c1ccc2c(c1)CCN2C(=O)COc1cccc(NC(=O)C2CC2)c1. The first-order chi connectivity index (χ1) is 15.8. The fourth-order valence-electron chi connectivity index (χ4n) is 3.99. The van der Waals surface area contributed by atoms with E-state index in [1.165, 1.54) is 4.31 Å². The maximum atomic E-state index is 12.8. The van der Waals surface area contributed by atoms with Crippen LogP contribution in [-0.2, 0) is 26.0 Å². The number of nitrogens with one attached hydrogen (secondary N) is 1. The molecule has 176 valence electrons. The van der Waals surface area contributed by atoms with Gasteiger partial charge in [-0.05, 0) is 55.2 Å². The van der Waals surface area contributed by atoms with E-state index < -0.39 is 10.0 Å². The Kier molecular flexibility index (Phi) is 6.71. The lowest BCUT2D eigenvalue weighted by atomic mass is 10.2. The molecule has 2 aliphatic rings. The summed E-state index contributed by atoms with van der Waals surface area (Å²) in [5.41, 5.74) is 2.19. The Labute approximate surface area is 194 Å². The lowest BCUT2D eigenvalue weighted by Gasteiger charge is -2.20. The quantitative estimate of drug-likeness (QED) is 0.607. The molecular formula is C24H29N3O5S. The Balaban J connectivity index is 1.40. The summed E-state index contributed by atoms with van der Waals surface area (Å²) in [5, 5.41) is 2.87. The van der Waals surface area contributed by atoms with E-state index >= 15 is 0 Å². The first kappa shape index (κ1) is 23.3. The van der Waals surface area contributed by atoms with Crippen LogP contribution in [0.3, 0.4) is 0 Å². The molecular weight excluding hydrogens is 442 g/mol. The minimum atomic E-state index is -3.55. The molecule has 1 N–H and O–H groups in total. The van der Waals surface area contributed by atoms with Gasteiger partial charge in [0.2, 0.25) is 15.9 Å². The summed E-state index contributed by atoms with van der Waals surface area (Å²) in [7, 11) is -3.55. The Morgan fingerprint density at radius 2 is 1.88 bits per heavy atom. The molecule has 1 aliphatic carbocycles. The topological polar surface area (TPSA) is 96.0 Å². The van der Waals surface area contributed by atoms with E-state index in [1.54, 1.807) is 47.4 Å². The molecule has 8 nitrogen and oxygen atoms in total. The minimum absolute atomic E-state index is 0.0132. The predicted molar refractivity (Wildman–Crippen MR) is 126 cm³/mol. The second-order valence-corrected chi connectivity index (χ2v) is 10.2. The van der Waals surface area contributed by atoms with Gasteiger partial charge < -0.3 is 15.0 Å². The molecule has 0 bridgehead atoms. The van der Waals surface area contributed by atoms with Crippen molar-refractivity contribution in [3.05, 3.63) is 48.0 Å². The molecule has 0 aromatic heterocycles. The van der Waals surface area contributed by atoms with Gasteiger partial charge in [-0.15, -0.1) is 0 Å². The number of ether oxygens (including phenoxy) is 1. The highest BCUT2D eigenvalue weighted by atomic mass is 32.2. The van der Waals surface area contributed by atoms with Gasteiger partial charge in [0.05, 0.1) is 4.90 Å². The number of rotatable bonds is 9. The van der Waals surface area contributed by atoms with Crippen LogP contribution in [0.1, 0.15) is 32.3 Å². The van der Waals surface area contributed by atoms with Gasteiger partial charge in [-0.25, -0.2) is 8.42 Å². The lowest BCUT2D eigenvalue weighted by molar-refractivity contribution is -0.120. The second kappa shape index (κ2) is 9.52. The standard InChI is InChI=1S/C24H29N3O5S/c1-3-26(4-2)33(30,31)21-10-11-22-18(14-21)12-13-27(22)23(28)16-32-20-7-5-6-19(15-20)25-24(29)17-8-9-17/h5-7,10-11,14-15,17H,3-4,8-9,12-13,16H2,1-2H3,(H,25,29). The zero-order valence-electron chi connectivity index (χ0n) is 18.9. The number of fused-ring (bicyclic) bond motifs is 1. The van der Waals surface area contributed by atoms with Crippen molar-refractivity contribution in [2.45, 2.75) is 38.0 Å². The molecule has 0 atom stereocenters. The molecule has 33 heavy (non-hydrogen) atoms. The maximum Gasteiger partial charge on any atom is 0.264 e. The van der Waals surface area contributed by atoms with E-state index in [2.05, 4.69) is 5.32 Å². The third kappa shape index (κ3) is 5.04. The largest absolute Gasteiger partial charge is 0.484 e. The van der Waals surface area contributed by atoms with E-state index in [9.17, 15) is 18.0 Å². The molecule has 2 aromatic carbocycles. The summed E-state index contributed by atoms with van der Waals surface area (Å²) in [4.78, 5) is 26.7. The third-order valence-electron chi connectivity index (χ3n) is 6.00. The third-order valence-corrected chi connectivity index (χ3v) is 8.05. The van der Waals surface area contributed by atoms with E-state index in [4.69, 9.17) is 4.74 Å². The Hall–Kier alpha value is -2.91. The predicted octanol–water partition coefficient (Wildman–Crippen LogP) is 3.03. The zero-order chi connectivity index (χ0) is 23.6. The van der Waals surface area contributed by atoms with Crippen LogP contribution >= 0.6 is 0 Å². The Morgan fingerprint density at radius 3 is 2.58 bits per heavy atom. The van der Waals surface area contributed by atoms with Crippen molar-refractivity contribution in [2.75, 3.05) is 36.5 Å². The highest BCUT2D eigenvalue weighted by Gasteiger charge is 2.30. The van der Waals surface area contributed by atoms with Crippen molar-refractivity contribution in [3.8, 4) is 5.75 Å². The highest BCUT2D eigenvalue weighted by Crippen LogP contribution is 2.32. The Morgan fingerprint density at radius 1 is 1.12 bits per heavy atom. The summed E-state index contributed by atoms with van der Waals surface area (Å²) in [6.45, 7) is 4.76. The van der Waals surface area contributed by atoms with Crippen LogP contribution in [0, 0.1) is 5.92 Å². The van der Waals surface area contributed by atoms with Crippen LogP contribution in [0.15, 0.2) is 47.4 Å². The van der Waals surface area contributed by atoms with Gasteiger partial charge >= 0.3 is 0 Å². The smallest absolute Gasteiger partial charge is 0.264 e. The monoisotopic (exact) mass is 471 g/mol. The molecule has 0 unspecified atom stereocenters. The molecule has 0 spiro atoms. The molecule has 4 rings (SSSR count). The number of hydrogen-bond acceptors (Lipinski definition) is 5. The molecule has 9 heteroatoms. The number of sulfonamides is 1. The fourth-order valence-corrected chi connectivity index (χ4v) is 5.50. The van der Waals surface area contributed by atoms with E-state index in [0.717, 1.165) is 18.4 Å². The van der Waals surface area contributed by atoms with Crippen LogP contribution in [0.2, 0.25) is 0 Å². The number of amides is 2. The molecule has 2 aromatic rings. The molecule has 1 saturated carbocycles. The van der Waals surface area contributed by atoms with Gasteiger partial charge in [0.25, 0.3) is 5.91 Å². The van der Waals surface area contributed by atoms with Gasteiger partial charge in [-0.1, -0.05) is 19.9 Å². The first-order valence-corrected chi connectivity index (χ1v) is 12.7. The summed E-state index contributed by atoms with van der Waals surface area (Å²) in [6, 6.07) is 11.9. The second-order valence-electron chi connectivity index (χ2n) is 8.26. The maximum absolute atomic E-state index is 12.8. The Bertz CT molecular complexity index is 1160. The van der Waals surface area contributed by atoms with Gasteiger partial charge in [-0.2, -0.15) is 4.31 Å². The van der Waals surface area contributed by atoms with Gasteiger partial charge in [0.1, 0.15) is 5.75 Å². The summed E-state index contributed by atoms with van der Waals surface area (Å²) < 4.78 is 32.7. The first-order valence-electron chi connectivity index (χ1n) is 11.3. The van der Waals surface area contributed by atoms with Gasteiger partial charge in [0, 0.05) is 43.0 Å². The molecule has 1 aliphatic heterocycles. The average Bonchev–Trinajstić information content (AvgIpc) is 3.57. The number of nitrogens with zero attached hydrogens (tertiary/aromatic N) is 2. The van der Waals surface area contributed by atoms with E-state index in [-0.39, 0.29) is 29.2 Å². The summed E-state index contributed by atoms with van der Waals surface area (Å²) >= 11 is 0. The number of anilines is 2. The number of carbonyl (C=O) groups is 2. The molecule has 1 heterocycles. The fraction of sp³-hybridized carbons (Fsp3) is 0.417. The van der Waals surface area contributed by atoms with Crippen molar-refractivity contribution in [1.29, 1.82) is 0 Å². The number of hydrogen-bond donors (Lipinski definition) is 1. The van der Waals surface area contributed by atoms with E-state index in [1.807, 2.05) is 13.8 Å². The van der Waals surface area contributed by atoms with Crippen molar-refractivity contribution in [2.24, 2.45) is 5.92 Å². The molecule has 1 fully saturated rings. The lowest BCUT2D eigenvalue weighted by Crippen LogP contribution is -2.33. The van der Waals surface area contributed by atoms with Crippen LogP contribution in [0.5, 0.6) is 5.75 Å². The van der Waals surface area contributed by atoms with E-state index in [0.29, 0.717) is 43.2 Å². The molecule has 0 saturated heterocycles. The molecule has 2 amide bonds. The highest BCUT2D eigenvalue weighted by molar-refractivity contribution is 7.89. The van der Waals surface area contributed by atoms with Crippen molar-refractivity contribution < 1.29 is 22.7 Å². The van der Waals surface area contributed by atoms with Crippen molar-refractivity contribution in [1.82, 2.24) is 4.31 Å². The van der Waals surface area contributed by atoms with Gasteiger partial charge in [-0.3, -0.25) is 9.59 Å². The number of carbonyl (C=O) groups excluding carboxylic acids is 2.